The van der Waals surface area contributed by atoms with Gasteiger partial charge in [0.2, 0.25) is 0 Å². The zero-order valence-corrected chi connectivity index (χ0v) is 11.1. The van der Waals surface area contributed by atoms with Gasteiger partial charge in [0.1, 0.15) is 0 Å². The molecule has 1 atom stereocenters. The number of rotatable bonds is 5. The van der Waals surface area contributed by atoms with Crippen molar-refractivity contribution in [2.24, 2.45) is 5.84 Å². The maximum Gasteiger partial charge on any atom is 0.0970 e. The molecule has 0 amide bonds. The normalized spacial score (nSPS) is 12.9. The summed E-state index contributed by atoms with van der Waals surface area (Å²) in [5.74, 6) is 5.64. The first-order chi connectivity index (χ1) is 8.26. The Morgan fingerprint density at radius 3 is 2.94 bits per heavy atom. The molecule has 4 nitrogen and oxygen atoms in total. The second-order valence-corrected chi connectivity index (χ2v) is 5.47. The average Bonchev–Trinajstić information content (AvgIpc) is 2.91. The van der Waals surface area contributed by atoms with Crippen molar-refractivity contribution in [2.75, 3.05) is 0 Å². The largest absolute Gasteiger partial charge is 0.270 e. The molecule has 2 heterocycles. The van der Waals surface area contributed by atoms with Crippen LogP contribution >= 0.6 is 22.9 Å². The van der Waals surface area contributed by atoms with Gasteiger partial charge >= 0.3 is 0 Å². The number of aryl methyl sites for hydroxylation is 1. The van der Waals surface area contributed by atoms with Crippen LogP contribution in [0.1, 0.15) is 30.0 Å². The van der Waals surface area contributed by atoms with E-state index in [1.165, 1.54) is 11.3 Å². The van der Waals surface area contributed by atoms with Crippen LogP contribution in [-0.4, -0.2) is 9.78 Å². The molecule has 0 spiro atoms. The van der Waals surface area contributed by atoms with E-state index in [1.807, 2.05) is 22.9 Å². The van der Waals surface area contributed by atoms with E-state index in [2.05, 4.69) is 17.4 Å². The first-order valence-electron chi connectivity index (χ1n) is 5.49. The number of aromatic nitrogens is 2. The van der Waals surface area contributed by atoms with Crippen molar-refractivity contribution >= 4 is 22.9 Å². The summed E-state index contributed by atoms with van der Waals surface area (Å²) in [4.78, 5) is 1.09. The molecular formula is C11H15ClN4S. The Kier molecular flexibility index (Phi) is 4.17. The third kappa shape index (κ3) is 2.69. The smallest absolute Gasteiger partial charge is 0.0970 e. The van der Waals surface area contributed by atoms with Crippen molar-refractivity contribution in [2.45, 2.75) is 25.9 Å². The van der Waals surface area contributed by atoms with Crippen LogP contribution in [0.25, 0.3) is 0 Å². The molecule has 0 bridgehead atoms. The fourth-order valence-corrected chi connectivity index (χ4v) is 2.92. The van der Waals surface area contributed by atoms with E-state index in [1.54, 1.807) is 6.20 Å². The minimum atomic E-state index is -0.0541. The van der Waals surface area contributed by atoms with Crippen molar-refractivity contribution < 1.29 is 0 Å². The molecule has 0 radical (unpaired) electrons. The molecule has 1 unspecified atom stereocenters. The van der Waals surface area contributed by atoms with Crippen LogP contribution in [0.3, 0.4) is 0 Å². The zero-order valence-electron chi connectivity index (χ0n) is 9.56. The van der Waals surface area contributed by atoms with Crippen LogP contribution in [0.15, 0.2) is 24.4 Å². The predicted molar refractivity (Wildman–Crippen MR) is 71.0 cm³/mol. The third-order valence-electron chi connectivity index (χ3n) is 2.53. The molecule has 0 aromatic carbocycles. The van der Waals surface area contributed by atoms with Crippen LogP contribution in [0.5, 0.6) is 0 Å². The number of thiophene rings is 1. The highest BCUT2D eigenvalue weighted by Gasteiger charge is 2.18. The van der Waals surface area contributed by atoms with Gasteiger partial charge in [-0.15, -0.1) is 11.3 Å². The number of nitrogens with zero attached hydrogens (tertiary/aromatic N) is 2. The van der Waals surface area contributed by atoms with Crippen LogP contribution in [0, 0.1) is 0 Å². The number of hydrogen-bond acceptors (Lipinski definition) is 4. The zero-order chi connectivity index (χ0) is 12.3. The van der Waals surface area contributed by atoms with Crippen LogP contribution < -0.4 is 11.3 Å². The molecule has 0 aliphatic carbocycles. The van der Waals surface area contributed by atoms with Gasteiger partial charge in [-0.05, 0) is 24.6 Å². The summed E-state index contributed by atoms with van der Waals surface area (Å²) >= 11 is 7.48. The Labute approximate surface area is 109 Å². The lowest BCUT2D eigenvalue weighted by molar-refractivity contribution is 0.524. The molecule has 0 saturated carbocycles. The minimum Gasteiger partial charge on any atom is -0.270 e. The maximum absolute atomic E-state index is 5.95. The summed E-state index contributed by atoms with van der Waals surface area (Å²) in [5, 5.41) is 4.30. The molecule has 2 aromatic rings. The van der Waals surface area contributed by atoms with E-state index in [4.69, 9.17) is 17.4 Å². The Morgan fingerprint density at radius 1 is 1.53 bits per heavy atom. The lowest BCUT2D eigenvalue weighted by Gasteiger charge is -2.16. The lowest BCUT2D eigenvalue weighted by Crippen LogP contribution is -2.30. The topological polar surface area (TPSA) is 55.9 Å². The lowest BCUT2D eigenvalue weighted by atomic mass is 10.2. The number of hydrogen-bond donors (Lipinski definition) is 2. The molecule has 0 aliphatic heterocycles. The second kappa shape index (κ2) is 5.64. The van der Waals surface area contributed by atoms with E-state index >= 15 is 0 Å². The van der Waals surface area contributed by atoms with E-state index in [0.717, 1.165) is 27.9 Å². The summed E-state index contributed by atoms with van der Waals surface area (Å²) in [6.07, 6.45) is 2.84. The molecule has 3 N–H and O–H groups in total. The number of hydrazine groups is 1. The molecule has 2 aromatic heterocycles. The summed E-state index contributed by atoms with van der Waals surface area (Å²) in [5.41, 5.74) is 3.89. The van der Waals surface area contributed by atoms with Gasteiger partial charge in [0.15, 0.2) is 0 Å². The summed E-state index contributed by atoms with van der Waals surface area (Å²) < 4.78 is 2.74. The molecule has 92 valence electrons. The van der Waals surface area contributed by atoms with Gasteiger partial charge in [-0.3, -0.25) is 10.5 Å². The summed E-state index contributed by atoms with van der Waals surface area (Å²) in [6, 6.07) is 5.79. The van der Waals surface area contributed by atoms with Gasteiger partial charge in [-0.25, -0.2) is 5.43 Å². The first kappa shape index (κ1) is 12.6. The SMILES string of the molecule is CCCn1nccc1C(NN)c1ccc(Cl)s1. The number of halogens is 1. The van der Waals surface area contributed by atoms with E-state index < -0.39 is 0 Å². The van der Waals surface area contributed by atoms with Gasteiger partial charge in [-0.2, -0.15) is 5.10 Å². The predicted octanol–water partition coefficient (Wildman–Crippen LogP) is 2.56. The number of nitrogens with one attached hydrogen (secondary N) is 1. The highest BCUT2D eigenvalue weighted by atomic mass is 35.5. The summed E-state index contributed by atoms with van der Waals surface area (Å²) in [7, 11) is 0. The standard InChI is InChI=1S/C11H15ClN4S/c1-2-7-16-8(5-6-14-16)11(15-13)9-3-4-10(12)17-9/h3-6,11,15H,2,7,13H2,1H3. The minimum absolute atomic E-state index is 0.0541. The fourth-order valence-electron chi connectivity index (χ4n) is 1.78. The van der Waals surface area contributed by atoms with Crippen molar-refractivity contribution in [1.82, 2.24) is 15.2 Å². The molecule has 2 rings (SSSR count). The average molecular weight is 271 g/mol. The first-order valence-corrected chi connectivity index (χ1v) is 6.68. The van der Waals surface area contributed by atoms with Crippen LogP contribution in [0.4, 0.5) is 0 Å². The van der Waals surface area contributed by atoms with E-state index in [9.17, 15) is 0 Å². The maximum atomic E-state index is 5.95. The van der Waals surface area contributed by atoms with Gasteiger partial charge in [-0.1, -0.05) is 18.5 Å². The van der Waals surface area contributed by atoms with Crippen molar-refractivity contribution in [3.05, 3.63) is 39.3 Å². The van der Waals surface area contributed by atoms with Gasteiger partial charge in [0.05, 0.1) is 16.1 Å². The van der Waals surface area contributed by atoms with Gasteiger partial charge in [0.25, 0.3) is 0 Å². The van der Waals surface area contributed by atoms with Crippen molar-refractivity contribution in [3.63, 3.8) is 0 Å². The Balaban J connectivity index is 2.31. The fraction of sp³-hybridized carbons (Fsp3) is 0.364. The van der Waals surface area contributed by atoms with Gasteiger partial charge < -0.3 is 0 Å². The third-order valence-corrected chi connectivity index (χ3v) is 3.82. The Morgan fingerprint density at radius 2 is 2.35 bits per heavy atom. The Bertz CT molecular complexity index is 479. The molecular weight excluding hydrogens is 256 g/mol. The summed E-state index contributed by atoms with van der Waals surface area (Å²) in [6.45, 7) is 3.01. The molecule has 0 saturated heterocycles. The quantitative estimate of drug-likeness (QED) is 0.649. The Hall–Kier alpha value is -0.880. The van der Waals surface area contributed by atoms with Crippen LogP contribution in [-0.2, 0) is 6.54 Å². The van der Waals surface area contributed by atoms with E-state index in [0.29, 0.717) is 0 Å². The second-order valence-electron chi connectivity index (χ2n) is 3.72. The molecule has 0 fully saturated rings. The monoisotopic (exact) mass is 270 g/mol. The van der Waals surface area contributed by atoms with E-state index in [-0.39, 0.29) is 6.04 Å². The highest BCUT2D eigenvalue weighted by molar-refractivity contribution is 7.16. The van der Waals surface area contributed by atoms with Crippen molar-refractivity contribution in [3.8, 4) is 0 Å². The molecule has 6 heteroatoms. The van der Waals surface area contributed by atoms with Crippen LogP contribution in [0.2, 0.25) is 4.34 Å². The number of nitrogens with two attached hydrogens (primary N) is 1. The molecule has 17 heavy (non-hydrogen) atoms. The van der Waals surface area contributed by atoms with Gasteiger partial charge in [0, 0.05) is 17.6 Å². The van der Waals surface area contributed by atoms with Crippen molar-refractivity contribution in [1.29, 1.82) is 0 Å². The molecule has 0 aliphatic rings. The highest BCUT2D eigenvalue weighted by Crippen LogP contribution is 2.30.